The molecule has 0 spiro atoms. The highest BCUT2D eigenvalue weighted by atomic mass is 79.9. The van der Waals surface area contributed by atoms with Crippen LogP contribution >= 0.6 is 27.7 Å². The highest BCUT2D eigenvalue weighted by Crippen LogP contribution is 2.29. The van der Waals surface area contributed by atoms with Gasteiger partial charge in [0, 0.05) is 21.3 Å². The quantitative estimate of drug-likeness (QED) is 0.127. The van der Waals surface area contributed by atoms with Crippen LogP contribution in [0.2, 0.25) is 0 Å². The molecular formula is C26H22BrN5O2S. The second-order valence-electron chi connectivity index (χ2n) is 7.42. The van der Waals surface area contributed by atoms with E-state index in [-0.39, 0.29) is 17.4 Å². The molecule has 0 unspecified atom stereocenters. The number of para-hydroxylation sites is 2. The Balaban J connectivity index is 1.48. The minimum absolute atomic E-state index is 0.0866. The van der Waals surface area contributed by atoms with Gasteiger partial charge in [0.1, 0.15) is 5.75 Å². The fourth-order valence-corrected chi connectivity index (χ4v) is 4.50. The maximum atomic E-state index is 12.4. The Kier molecular flexibility index (Phi) is 8.12. The first-order chi connectivity index (χ1) is 17.1. The van der Waals surface area contributed by atoms with Crippen LogP contribution in [0.25, 0.3) is 17.1 Å². The zero-order chi connectivity index (χ0) is 24.6. The zero-order valence-electron chi connectivity index (χ0n) is 18.6. The third-order valence-corrected chi connectivity index (χ3v) is 6.39. The molecule has 1 heterocycles. The van der Waals surface area contributed by atoms with Crippen LogP contribution in [0, 0.1) is 0 Å². The third kappa shape index (κ3) is 6.06. The molecule has 0 aliphatic rings. The predicted molar refractivity (Wildman–Crippen MR) is 143 cm³/mol. The second-order valence-corrected chi connectivity index (χ2v) is 9.28. The maximum Gasteiger partial charge on any atom is 0.250 e. The van der Waals surface area contributed by atoms with Crippen molar-refractivity contribution in [3.05, 3.63) is 101 Å². The first-order valence-electron chi connectivity index (χ1n) is 10.7. The summed E-state index contributed by atoms with van der Waals surface area (Å²) in [5.74, 6) is 0.576. The van der Waals surface area contributed by atoms with E-state index in [1.54, 1.807) is 12.1 Å². The summed E-state index contributed by atoms with van der Waals surface area (Å²) in [5, 5.41) is 23.6. The molecule has 4 aromatic rings. The molecule has 176 valence electrons. The number of amides is 1. The number of aromatic hydroxyl groups is 1. The lowest BCUT2D eigenvalue weighted by atomic mass is 10.1. The summed E-state index contributed by atoms with van der Waals surface area (Å²) in [5.41, 5.74) is 5.55. The van der Waals surface area contributed by atoms with Crippen LogP contribution in [0.1, 0.15) is 11.1 Å². The molecular weight excluding hydrogens is 526 g/mol. The summed E-state index contributed by atoms with van der Waals surface area (Å²) >= 11 is 4.76. The van der Waals surface area contributed by atoms with Crippen LogP contribution in [0.3, 0.4) is 0 Å². The number of phenolic OH excluding ortho intramolecular Hbond substituents is 1. The monoisotopic (exact) mass is 547 g/mol. The molecule has 0 fully saturated rings. The number of nitrogens with one attached hydrogen (secondary N) is 1. The first kappa shape index (κ1) is 24.4. The van der Waals surface area contributed by atoms with E-state index in [2.05, 4.69) is 43.2 Å². The molecule has 0 aliphatic heterocycles. The molecule has 7 nitrogen and oxygen atoms in total. The van der Waals surface area contributed by atoms with E-state index < -0.39 is 0 Å². The van der Waals surface area contributed by atoms with Crippen LogP contribution in [0.5, 0.6) is 5.75 Å². The number of thioether (sulfide) groups is 1. The molecule has 1 amide bonds. The van der Waals surface area contributed by atoms with Gasteiger partial charge in [0.2, 0.25) is 0 Å². The van der Waals surface area contributed by atoms with Gasteiger partial charge in [-0.2, -0.15) is 5.10 Å². The first-order valence-corrected chi connectivity index (χ1v) is 12.5. The van der Waals surface area contributed by atoms with E-state index in [4.69, 9.17) is 0 Å². The highest BCUT2D eigenvalue weighted by molar-refractivity contribution is 9.10. The van der Waals surface area contributed by atoms with E-state index in [1.807, 2.05) is 71.3 Å². The van der Waals surface area contributed by atoms with E-state index in [9.17, 15) is 9.90 Å². The number of carbonyl (C=O) groups is 1. The largest absolute Gasteiger partial charge is 0.507 e. The molecule has 0 radical (unpaired) electrons. The van der Waals surface area contributed by atoms with Gasteiger partial charge in [-0.05, 0) is 42.3 Å². The summed E-state index contributed by atoms with van der Waals surface area (Å²) in [6.07, 6.45) is 3.67. The fourth-order valence-electron chi connectivity index (χ4n) is 3.36. The summed E-state index contributed by atoms with van der Waals surface area (Å²) in [4.78, 5) is 12.4. The number of allylic oxidation sites excluding steroid dienone is 1. The van der Waals surface area contributed by atoms with Crippen LogP contribution in [-0.2, 0) is 11.2 Å². The Morgan fingerprint density at radius 1 is 1.11 bits per heavy atom. The van der Waals surface area contributed by atoms with Crippen LogP contribution in [0.4, 0.5) is 0 Å². The van der Waals surface area contributed by atoms with Gasteiger partial charge in [-0.25, -0.2) is 5.43 Å². The Hall–Kier alpha value is -3.69. The molecule has 0 atom stereocenters. The van der Waals surface area contributed by atoms with Gasteiger partial charge in [0.25, 0.3) is 5.91 Å². The summed E-state index contributed by atoms with van der Waals surface area (Å²) in [6, 6.07) is 22.9. The third-order valence-electron chi connectivity index (χ3n) is 4.97. The second kappa shape index (κ2) is 11.6. The van der Waals surface area contributed by atoms with E-state index in [0.717, 1.165) is 21.3 Å². The number of hydrazone groups is 1. The lowest BCUT2D eigenvalue weighted by molar-refractivity contribution is -0.118. The molecule has 0 saturated heterocycles. The van der Waals surface area contributed by atoms with Gasteiger partial charge in [-0.3, -0.25) is 9.36 Å². The van der Waals surface area contributed by atoms with Crippen LogP contribution in [-0.4, -0.2) is 37.7 Å². The fraction of sp³-hybridized carbons (Fsp3) is 0.0769. The van der Waals surface area contributed by atoms with Crippen molar-refractivity contribution in [2.75, 3.05) is 5.75 Å². The zero-order valence-corrected chi connectivity index (χ0v) is 21.0. The van der Waals surface area contributed by atoms with Gasteiger partial charge in [-0.15, -0.1) is 16.8 Å². The Bertz CT molecular complexity index is 1370. The molecule has 1 aromatic heterocycles. The van der Waals surface area contributed by atoms with E-state index in [0.29, 0.717) is 23.0 Å². The smallest absolute Gasteiger partial charge is 0.250 e. The van der Waals surface area contributed by atoms with Crippen molar-refractivity contribution >= 4 is 39.8 Å². The minimum Gasteiger partial charge on any atom is -0.507 e. The number of phenols is 1. The van der Waals surface area contributed by atoms with Gasteiger partial charge in [0.05, 0.1) is 12.0 Å². The van der Waals surface area contributed by atoms with Gasteiger partial charge in [0.15, 0.2) is 11.0 Å². The number of hydrogen-bond donors (Lipinski definition) is 2. The van der Waals surface area contributed by atoms with Crippen LogP contribution < -0.4 is 5.43 Å². The van der Waals surface area contributed by atoms with Crippen LogP contribution in [0.15, 0.2) is 100 Å². The van der Waals surface area contributed by atoms with Crippen molar-refractivity contribution in [3.8, 4) is 22.8 Å². The molecule has 0 saturated carbocycles. The summed E-state index contributed by atoms with van der Waals surface area (Å²) in [6.45, 7) is 3.69. The molecule has 0 bridgehead atoms. The molecule has 0 aliphatic carbocycles. The Morgan fingerprint density at radius 2 is 1.91 bits per heavy atom. The average Bonchev–Trinajstić information content (AvgIpc) is 3.30. The molecule has 3 aromatic carbocycles. The average molecular weight is 548 g/mol. The number of benzene rings is 3. The van der Waals surface area contributed by atoms with Crippen molar-refractivity contribution in [1.82, 2.24) is 20.2 Å². The SMILES string of the molecule is C=CCc1cccc(/C=N\NC(=O)CSc2nnc(-c3cccc(Br)c3)n2-c2ccccc2)c1O. The standard InChI is InChI=1S/C26H22BrN5O2S/c1-2-8-18-9-6-11-20(24(18)34)16-28-29-23(33)17-35-26-31-30-25(19-10-7-12-21(27)15-19)32(26)22-13-4-3-5-14-22/h2-7,9-16,34H,1,8,17H2,(H,29,33)/b28-16-. The van der Waals surface area contributed by atoms with Crippen molar-refractivity contribution in [2.24, 2.45) is 5.10 Å². The van der Waals surface area contributed by atoms with Gasteiger partial charge >= 0.3 is 0 Å². The van der Waals surface area contributed by atoms with Crippen molar-refractivity contribution < 1.29 is 9.90 Å². The number of nitrogens with zero attached hydrogens (tertiary/aromatic N) is 4. The summed E-state index contributed by atoms with van der Waals surface area (Å²) in [7, 11) is 0. The lowest BCUT2D eigenvalue weighted by Crippen LogP contribution is -2.20. The highest BCUT2D eigenvalue weighted by Gasteiger charge is 2.17. The van der Waals surface area contributed by atoms with Crippen molar-refractivity contribution in [1.29, 1.82) is 0 Å². The number of aromatic nitrogens is 3. The normalized spacial score (nSPS) is 11.0. The predicted octanol–water partition coefficient (Wildman–Crippen LogP) is 5.37. The topological polar surface area (TPSA) is 92.4 Å². The molecule has 2 N–H and O–H groups in total. The number of carbonyl (C=O) groups excluding carboxylic acids is 1. The minimum atomic E-state index is -0.306. The number of hydrogen-bond acceptors (Lipinski definition) is 6. The summed E-state index contributed by atoms with van der Waals surface area (Å²) < 4.78 is 2.86. The van der Waals surface area contributed by atoms with E-state index >= 15 is 0 Å². The maximum absolute atomic E-state index is 12.4. The molecule has 4 rings (SSSR count). The Labute approximate surface area is 215 Å². The molecule has 9 heteroatoms. The lowest BCUT2D eigenvalue weighted by Gasteiger charge is -2.10. The Morgan fingerprint density at radius 3 is 2.69 bits per heavy atom. The number of halogens is 1. The van der Waals surface area contributed by atoms with Gasteiger partial charge in [-0.1, -0.05) is 76.2 Å². The van der Waals surface area contributed by atoms with Gasteiger partial charge < -0.3 is 5.11 Å². The van der Waals surface area contributed by atoms with Crippen molar-refractivity contribution in [3.63, 3.8) is 0 Å². The van der Waals surface area contributed by atoms with E-state index in [1.165, 1.54) is 18.0 Å². The molecule has 35 heavy (non-hydrogen) atoms. The number of rotatable bonds is 9. The van der Waals surface area contributed by atoms with Crippen molar-refractivity contribution in [2.45, 2.75) is 11.6 Å².